The third-order valence-corrected chi connectivity index (χ3v) is 6.66. The van der Waals surface area contributed by atoms with Gasteiger partial charge in [-0.1, -0.05) is 23.7 Å². The lowest BCUT2D eigenvalue weighted by Gasteiger charge is -2.31. The molecular formula is C24H21ClN4O2S. The predicted octanol–water partition coefficient (Wildman–Crippen LogP) is 5.46. The molecule has 4 heterocycles. The van der Waals surface area contributed by atoms with Crippen molar-refractivity contribution in [3.05, 3.63) is 88.3 Å². The number of likely N-dealkylation sites (tertiary alicyclic amines) is 1. The van der Waals surface area contributed by atoms with Gasteiger partial charge < -0.3 is 9.32 Å². The minimum absolute atomic E-state index is 0.0147. The van der Waals surface area contributed by atoms with E-state index in [9.17, 15) is 4.79 Å². The molecule has 0 radical (unpaired) electrons. The molecule has 0 bridgehead atoms. The molecule has 1 aliphatic rings. The molecular weight excluding hydrogens is 444 g/mol. The van der Waals surface area contributed by atoms with Crippen LogP contribution in [0.25, 0.3) is 10.6 Å². The van der Waals surface area contributed by atoms with E-state index >= 15 is 0 Å². The lowest BCUT2D eigenvalue weighted by Crippen LogP contribution is -2.39. The number of halogens is 1. The van der Waals surface area contributed by atoms with Gasteiger partial charge in [-0.3, -0.25) is 14.8 Å². The van der Waals surface area contributed by atoms with Crippen LogP contribution in [0.1, 0.15) is 46.3 Å². The Bertz CT molecular complexity index is 1210. The molecule has 1 atom stereocenters. The van der Waals surface area contributed by atoms with Crippen molar-refractivity contribution in [2.75, 3.05) is 13.1 Å². The van der Waals surface area contributed by atoms with Crippen LogP contribution in [0.5, 0.6) is 0 Å². The molecule has 1 fully saturated rings. The van der Waals surface area contributed by atoms with Crippen LogP contribution in [0, 0.1) is 0 Å². The molecule has 0 N–H and O–H groups in total. The average molecular weight is 465 g/mol. The minimum atomic E-state index is -0.0147. The number of carbonyl (C=O) groups is 1. The Balaban J connectivity index is 1.31. The first kappa shape index (κ1) is 20.8. The SMILES string of the molecule is O=C(c1cccnc1-c1cncs1)N1CCC[C@H](c2ncc(Cc3ccc(Cl)cc3)o2)C1. The molecule has 32 heavy (non-hydrogen) atoms. The molecule has 0 saturated carbocycles. The molecule has 1 saturated heterocycles. The molecule has 0 unspecified atom stereocenters. The molecule has 0 spiro atoms. The van der Waals surface area contributed by atoms with Crippen LogP contribution < -0.4 is 0 Å². The van der Waals surface area contributed by atoms with E-state index in [0.717, 1.165) is 29.0 Å². The van der Waals surface area contributed by atoms with Crippen molar-refractivity contribution in [3.8, 4) is 10.6 Å². The molecule has 8 heteroatoms. The van der Waals surface area contributed by atoms with Crippen LogP contribution in [0.15, 0.2) is 64.9 Å². The van der Waals surface area contributed by atoms with Gasteiger partial charge in [0.25, 0.3) is 5.91 Å². The lowest BCUT2D eigenvalue weighted by atomic mass is 9.97. The fourth-order valence-electron chi connectivity index (χ4n) is 4.04. The number of thiazole rings is 1. The number of carbonyl (C=O) groups excluding carboxylic acids is 1. The highest BCUT2D eigenvalue weighted by molar-refractivity contribution is 7.13. The van der Waals surface area contributed by atoms with Crippen LogP contribution >= 0.6 is 22.9 Å². The highest BCUT2D eigenvalue weighted by Gasteiger charge is 2.30. The van der Waals surface area contributed by atoms with Gasteiger partial charge in [-0.15, -0.1) is 11.3 Å². The van der Waals surface area contributed by atoms with Crippen molar-refractivity contribution < 1.29 is 9.21 Å². The smallest absolute Gasteiger partial charge is 0.256 e. The van der Waals surface area contributed by atoms with E-state index in [-0.39, 0.29) is 11.8 Å². The molecule has 162 valence electrons. The second-order valence-electron chi connectivity index (χ2n) is 7.82. The molecule has 6 nitrogen and oxygen atoms in total. The quantitative estimate of drug-likeness (QED) is 0.392. The van der Waals surface area contributed by atoms with Crippen molar-refractivity contribution >= 4 is 28.8 Å². The monoisotopic (exact) mass is 464 g/mol. The van der Waals surface area contributed by atoms with E-state index in [4.69, 9.17) is 16.0 Å². The summed E-state index contributed by atoms with van der Waals surface area (Å²) >= 11 is 7.45. The molecule has 1 amide bonds. The Kier molecular flexibility index (Phi) is 6.01. The summed E-state index contributed by atoms with van der Waals surface area (Å²) in [4.78, 5) is 29.3. The number of hydrogen-bond acceptors (Lipinski definition) is 6. The van der Waals surface area contributed by atoms with Gasteiger partial charge in [-0.25, -0.2) is 4.98 Å². The van der Waals surface area contributed by atoms with Gasteiger partial charge in [0, 0.05) is 36.9 Å². The standard InChI is InChI=1S/C24H21ClN4O2S/c25-18-7-5-16(6-8-18)11-19-12-28-23(31-19)17-3-2-10-29(14-17)24(30)20-4-1-9-27-22(20)21-13-26-15-32-21/h1,4-9,12-13,15,17H,2-3,10-11,14H2/t17-/m0/s1. The first-order chi connectivity index (χ1) is 15.7. The topological polar surface area (TPSA) is 72.1 Å². The fraction of sp³-hybridized carbons (Fsp3) is 0.250. The summed E-state index contributed by atoms with van der Waals surface area (Å²) in [5, 5.41) is 0.714. The van der Waals surface area contributed by atoms with Crippen molar-refractivity contribution in [2.24, 2.45) is 0 Å². The molecule has 1 aromatic carbocycles. The zero-order chi connectivity index (χ0) is 21.9. The van der Waals surface area contributed by atoms with Crippen molar-refractivity contribution in [2.45, 2.75) is 25.2 Å². The lowest BCUT2D eigenvalue weighted by molar-refractivity contribution is 0.0698. The zero-order valence-electron chi connectivity index (χ0n) is 17.3. The Morgan fingerprint density at radius 2 is 2.06 bits per heavy atom. The highest BCUT2D eigenvalue weighted by Crippen LogP contribution is 2.30. The third-order valence-electron chi connectivity index (χ3n) is 5.62. The second-order valence-corrected chi connectivity index (χ2v) is 9.15. The Labute approximate surface area is 194 Å². The van der Waals surface area contributed by atoms with Crippen molar-refractivity contribution in [1.29, 1.82) is 0 Å². The van der Waals surface area contributed by atoms with E-state index in [0.29, 0.717) is 41.7 Å². The van der Waals surface area contributed by atoms with Crippen molar-refractivity contribution in [3.63, 3.8) is 0 Å². The number of hydrogen-bond donors (Lipinski definition) is 0. The number of amides is 1. The van der Waals surface area contributed by atoms with E-state index in [1.54, 1.807) is 30.2 Å². The average Bonchev–Trinajstić information content (AvgIpc) is 3.53. The number of piperidine rings is 1. The van der Waals surface area contributed by atoms with Crippen molar-refractivity contribution in [1.82, 2.24) is 19.9 Å². The van der Waals surface area contributed by atoms with Gasteiger partial charge in [0.2, 0.25) is 0 Å². The Morgan fingerprint density at radius 1 is 1.19 bits per heavy atom. The van der Waals surface area contributed by atoms with Gasteiger partial charge >= 0.3 is 0 Å². The number of pyridine rings is 1. The summed E-state index contributed by atoms with van der Waals surface area (Å²) in [6, 6.07) is 11.4. The molecule has 0 aliphatic carbocycles. The maximum absolute atomic E-state index is 13.4. The van der Waals surface area contributed by atoms with Gasteiger partial charge in [0.15, 0.2) is 5.89 Å². The summed E-state index contributed by atoms with van der Waals surface area (Å²) in [6.45, 7) is 1.29. The van der Waals surface area contributed by atoms with Gasteiger partial charge in [-0.05, 0) is 42.7 Å². The summed E-state index contributed by atoms with van der Waals surface area (Å²) in [5.41, 5.74) is 4.15. The number of oxazole rings is 1. The molecule has 5 rings (SSSR count). The maximum Gasteiger partial charge on any atom is 0.256 e. The van der Waals surface area contributed by atoms with E-state index < -0.39 is 0 Å². The van der Waals surface area contributed by atoms with Crippen LogP contribution in [-0.4, -0.2) is 38.8 Å². The van der Waals surface area contributed by atoms with E-state index in [2.05, 4.69) is 15.0 Å². The largest absolute Gasteiger partial charge is 0.445 e. The summed E-state index contributed by atoms with van der Waals surface area (Å²) in [6.07, 6.45) is 7.75. The Morgan fingerprint density at radius 3 is 2.88 bits per heavy atom. The van der Waals surface area contributed by atoms with Crippen LogP contribution in [0.3, 0.4) is 0 Å². The van der Waals surface area contributed by atoms with Gasteiger partial charge in [-0.2, -0.15) is 0 Å². The molecule has 4 aromatic rings. The molecule has 1 aliphatic heterocycles. The van der Waals surface area contributed by atoms with E-state index in [1.807, 2.05) is 35.2 Å². The summed E-state index contributed by atoms with van der Waals surface area (Å²) in [5.74, 6) is 1.57. The first-order valence-electron chi connectivity index (χ1n) is 10.5. The first-order valence-corrected chi connectivity index (χ1v) is 11.8. The molecule has 3 aromatic heterocycles. The van der Waals surface area contributed by atoms with Crippen LogP contribution in [0.4, 0.5) is 0 Å². The number of benzene rings is 1. The zero-order valence-corrected chi connectivity index (χ0v) is 18.9. The predicted molar refractivity (Wildman–Crippen MR) is 124 cm³/mol. The summed E-state index contributed by atoms with van der Waals surface area (Å²) < 4.78 is 6.07. The van der Waals surface area contributed by atoms with Crippen LogP contribution in [0.2, 0.25) is 5.02 Å². The van der Waals surface area contributed by atoms with E-state index in [1.165, 1.54) is 11.3 Å². The summed E-state index contributed by atoms with van der Waals surface area (Å²) in [7, 11) is 0. The normalized spacial score (nSPS) is 16.3. The minimum Gasteiger partial charge on any atom is -0.445 e. The maximum atomic E-state index is 13.4. The number of aromatic nitrogens is 3. The second kappa shape index (κ2) is 9.22. The third kappa shape index (κ3) is 4.45. The Hall–Kier alpha value is -3.03. The highest BCUT2D eigenvalue weighted by atomic mass is 35.5. The van der Waals surface area contributed by atoms with Gasteiger partial charge in [0.1, 0.15) is 5.76 Å². The number of rotatable bonds is 5. The number of nitrogens with zero attached hydrogens (tertiary/aromatic N) is 4. The fourth-order valence-corrected chi connectivity index (χ4v) is 4.79. The van der Waals surface area contributed by atoms with Gasteiger partial charge in [0.05, 0.1) is 33.8 Å². The van der Waals surface area contributed by atoms with Crippen LogP contribution in [-0.2, 0) is 6.42 Å².